The lowest BCUT2D eigenvalue weighted by molar-refractivity contribution is -0.116. The Balaban J connectivity index is 1.78. The number of nitrogens with zero attached hydrogens (tertiary/aromatic N) is 4. The second-order valence-corrected chi connectivity index (χ2v) is 7.12. The van der Waals surface area contributed by atoms with E-state index in [4.69, 9.17) is 0 Å². The summed E-state index contributed by atoms with van der Waals surface area (Å²) in [5.41, 5.74) is -0.622. The van der Waals surface area contributed by atoms with Gasteiger partial charge in [-0.05, 0) is 24.6 Å². The summed E-state index contributed by atoms with van der Waals surface area (Å²) in [6, 6.07) is 11.7. The Bertz CT molecular complexity index is 1420. The minimum Gasteiger partial charge on any atom is -0.325 e. The van der Waals surface area contributed by atoms with E-state index >= 15 is 0 Å². The van der Waals surface area contributed by atoms with Crippen LogP contribution in [0.5, 0.6) is 0 Å². The van der Waals surface area contributed by atoms with Gasteiger partial charge in [0.15, 0.2) is 11.2 Å². The summed E-state index contributed by atoms with van der Waals surface area (Å²) in [5.74, 6) is -2.42. The topological polar surface area (TPSA) is 90.9 Å². The molecule has 0 fully saturated rings. The monoisotopic (exact) mass is 439 g/mol. The Hall–Kier alpha value is -4.08. The summed E-state index contributed by atoms with van der Waals surface area (Å²) in [6.07, 6.45) is 1.46. The average molecular weight is 439 g/mol. The lowest BCUT2D eigenvalue weighted by Gasteiger charge is -2.13. The van der Waals surface area contributed by atoms with Crippen molar-refractivity contribution in [2.45, 2.75) is 26.6 Å². The molecular weight excluding hydrogens is 420 g/mol. The Labute approximate surface area is 180 Å². The fourth-order valence-corrected chi connectivity index (χ4v) is 3.45. The summed E-state index contributed by atoms with van der Waals surface area (Å²) < 4.78 is 30.9. The summed E-state index contributed by atoms with van der Waals surface area (Å²) in [4.78, 5) is 43.0. The summed E-state index contributed by atoms with van der Waals surface area (Å²) >= 11 is 0. The van der Waals surface area contributed by atoms with Gasteiger partial charge in [0.25, 0.3) is 5.56 Å². The van der Waals surface area contributed by atoms with Crippen molar-refractivity contribution in [1.82, 2.24) is 18.7 Å². The van der Waals surface area contributed by atoms with Crippen LogP contribution in [0.15, 0.2) is 64.4 Å². The molecule has 2 aromatic heterocycles. The van der Waals surface area contributed by atoms with Crippen LogP contribution in [-0.4, -0.2) is 24.6 Å². The number of amides is 1. The quantitative estimate of drug-likeness (QED) is 0.499. The Morgan fingerprint density at radius 1 is 1.06 bits per heavy atom. The predicted molar refractivity (Wildman–Crippen MR) is 114 cm³/mol. The number of imidazole rings is 1. The molecule has 1 N–H and O–H groups in total. The number of hydrogen-bond donors (Lipinski definition) is 1. The molecule has 4 aromatic rings. The molecule has 0 aliphatic rings. The molecule has 0 atom stereocenters. The maximum absolute atomic E-state index is 13.9. The summed E-state index contributed by atoms with van der Waals surface area (Å²) in [6.45, 7) is 1.71. The highest BCUT2D eigenvalue weighted by Gasteiger charge is 2.20. The molecule has 0 saturated carbocycles. The number of aryl methyl sites for hydroxylation is 1. The highest BCUT2D eigenvalue weighted by atomic mass is 19.1. The average Bonchev–Trinajstić information content (AvgIpc) is 3.22. The highest BCUT2D eigenvalue weighted by Crippen LogP contribution is 2.15. The van der Waals surface area contributed by atoms with Gasteiger partial charge in [-0.15, -0.1) is 0 Å². The first-order chi connectivity index (χ1) is 15.4. The molecule has 0 radical (unpaired) electrons. The Morgan fingerprint density at radius 2 is 1.81 bits per heavy atom. The normalized spacial score (nSPS) is 11.1. The van der Waals surface area contributed by atoms with Crippen LogP contribution >= 0.6 is 0 Å². The lowest BCUT2D eigenvalue weighted by Crippen LogP contribution is -2.43. The molecule has 0 aliphatic carbocycles. The second kappa shape index (κ2) is 8.58. The van der Waals surface area contributed by atoms with E-state index < -0.39 is 35.3 Å². The maximum Gasteiger partial charge on any atom is 0.333 e. The molecule has 0 spiro atoms. The van der Waals surface area contributed by atoms with Gasteiger partial charge in [-0.1, -0.05) is 30.3 Å². The zero-order valence-electron chi connectivity index (χ0n) is 17.1. The lowest BCUT2D eigenvalue weighted by atomic mass is 10.2. The van der Waals surface area contributed by atoms with Crippen molar-refractivity contribution in [2.24, 2.45) is 0 Å². The molecule has 32 heavy (non-hydrogen) atoms. The van der Waals surface area contributed by atoms with E-state index in [2.05, 4.69) is 10.3 Å². The molecule has 1 amide bonds. The fraction of sp³-hybridized carbons (Fsp3) is 0.182. The van der Waals surface area contributed by atoms with Gasteiger partial charge < -0.3 is 9.88 Å². The first kappa shape index (κ1) is 21.2. The van der Waals surface area contributed by atoms with E-state index in [1.165, 1.54) is 10.9 Å². The van der Waals surface area contributed by atoms with E-state index in [0.717, 1.165) is 28.3 Å². The summed E-state index contributed by atoms with van der Waals surface area (Å²) in [5, 5.41) is 2.21. The number of nitrogens with one attached hydrogen (secondary N) is 1. The molecule has 2 heterocycles. The maximum atomic E-state index is 13.9. The van der Waals surface area contributed by atoms with Gasteiger partial charge in [0.1, 0.15) is 18.2 Å². The first-order valence-corrected chi connectivity index (χ1v) is 9.86. The minimum atomic E-state index is -0.845. The summed E-state index contributed by atoms with van der Waals surface area (Å²) in [7, 11) is 0. The third-order valence-corrected chi connectivity index (χ3v) is 5.01. The highest BCUT2D eigenvalue weighted by molar-refractivity contribution is 5.90. The zero-order chi connectivity index (χ0) is 22.8. The molecule has 10 heteroatoms. The second-order valence-electron chi connectivity index (χ2n) is 7.12. The van der Waals surface area contributed by atoms with Gasteiger partial charge in [-0.2, -0.15) is 0 Å². The molecule has 0 bridgehead atoms. The standard InChI is InChI=1S/C22H19F2N5O3/c1-2-27-13-25-20-19(27)21(31)29(22(32)28(20)11-14-6-4-3-5-7-14)12-18(30)26-17-10-15(23)8-9-16(17)24/h3-10,13H,2,11-12H2,1H3,(H,26,30). The molecule has 8 nitrogen and oxygen atoms in total. The molecule has 2 aromatic carbocycles. The van der Waals surface area contributed by atoms with Crippen molar-refractivity contribution in [3.8, 4) is 0 Å². The van der Waals surface area contributed by atoms with Crippen LogP contribution in [0.1, 0.15) is 12.5 Å². The number of hydrogen-bond acceptors (Lipinski definition) is 4. The third kappa shape index (κ3) is 3.94. The number of anilines is 1. The molecule has 0 saturated heterocycles. The van der Waals surface area contributed by atoms with Crippen molar-refractivity contribution in [3.63, 3.8) is 0 Å². The largest absolute Gasteiger partial charge is 0.333 e. The van der Waals surface area contributed by atoms with Crippen LogP contribution in [0.2, 0.25) is 0 Å². The van der Waals surface area contributed by atoms with Crippen LogP contribution in [0.25, 0.3) is 11.2 Å². The van der Waals surface area contributed by atoms with E-state index in [9.17, 15) is 23.2 Å². The van der Waals surface area contributed by atoms with Crippen LogP contribution in [0.3, 0.4) is 0 Å². The molecular formula is C22H19F2N5O3. The van der Waals surface area contributed by atoms with Gasteiger partial charge >= 0.3 is 5.69 Å². The van der Waals surface area contributed by atoms with Gasteiger partial charge in [-0.3, -0.25) is 14.2 Å². The number of fused-ring (bicyclic) bond motifs is 1. The Kier molecular flexibility index (Phi) is 5.67. The van der Waals surface area contributed by atoms with Crippen LogP contribution in [0.4, 0.5) is 14.5 Å². The number of carbonyl (C=O) groups is 1. The molecule has 0 aliphatic heterocycles. The number of carbonyl (C=O) groups excluding carboxylic acids is 1. The van der Waals surface area contributed by atoms with E-state index in [1.807, 2.05) is 37.3 Å². The predicted octanol–water partition coefficient (Wildman–Crippen LogP) is 2.34. The van der Waals surface area contributed by atoms with E-state index in [0.29, 0.717) is 6.54 Å². The third-order valence-electron chi connectivity index (χ3n) is 5.01. The van der Waals surface area contributed by atoms with E-state index in [1.54, 1.807) is 4.57 Å². The van der Waals surface area contributed by atoms with E-state index in [-0.39, 0.29) is 23.4 Å². The number of rotatable bonds is 6. The number of benzene rings is 2. The van der Waals surface area contributed by atoms with Gasteiger partial charge in [0.05, 0.1) is 18.6 Å². The fourth-order valence-electron chi connectivity index (χ4n) is 3.45. The van der Waals surface area contributed by atoms with Gasteiger partial charge in [0, 0.05) is 12.6 Å². The molecule has 4 rings (SSSR count). The number of halogens is 2. The first-order valence-electron chi connectivity index (χ1n) is 9.86. The van der Waals surface area contributed by atoms with Gasteiger partial charge in [-0.25, -0.2) is 23.1 Å². The SMILES string of the molecule is CCn1cnc2c1c(=O)n(CC(=O)Nc1cc(F)ccc1F)c(=O)n2Cc1ccccc1. The van der Waals surface area contributed by atoms with Crippen molar-refractivity contribution in [1.29, 1.82) is 0 Å². The Morgan fingerprint density at radius 3 is 2.53 bits per heavy atom. The van der Waals surface area contributed by atoms with Crippen molar-refractivity contribution in [2.75, 3.05) is 5.32 Å². The molecule has 164 valence electrons. The van der Waals surface area contributed by atoms with Crippen molar-refractivity contribution in [3.05, 3.63) is 92.9 Å². The minimum absolute atomic E-state index is 0.136. The van der Waals surface area contributed by atoms with Crippen molar-refractivity contribution < 1.29 is 13.6 Å². The smallest absolute Gasteiger partial charge is 0.325 e. The zero-order valence-corrected chi connectivity index (χ0v) is 17.1. The number of aromatic nitrogens is 4. The van der Waals surface area contributed by atoms with Gasteiger partial charge in [0.2, 0.25) is 5.91 Å². The van der Waals surface area contributed by atoms with Crippen LogP contribution in [0, 0.1) is 11.6 Å². The van der Waals surface area contributed by atoms with Crippen molar-refractivity contribution >= 4 is 22.8 Å². The van der Waals surface area contributed by atoms with Crippen LogP contribution in [-0.2, 0) is 24.4 Å². The van der Waals surface area contributed by atoms with Crippen LogP contribution < -0.4 is 16.6 Å². The molecule has 0 unspecified atom stereocenters.